The molecule has 0 fully saturated rings. The van der Waals surface area contributed by atoms with Crippen molar-refractivity contribution in [2.24, 2.45) is 0 Å². The molecule has 0 heterocycles. The molecule has 0 amide bonds. The molecule has 0 bridgehead atoms. The SMILES string of the molecule is Cc1ccc(S(=O)(=O)Cc2ccc(S(=O)(=O)[O-])cc2)cc1. The van der Waals surface area contributed by atoms with Crippen molar-refractivity contribution in [3.63, 3.8) is 0 Å². The van der Waals surface area contributed by atoms with Gasteiger partial charge in [0.25, 0.3) is 0 Å². The minimum atomic E-state index is -4.52. The third kappa shape index (κ3) is 3.90. The maximum atomic E-state index is 12.2. The Hall–Kier alpha value is -1.70. The van der Waals surface area contributed by atoms with Crippen LogP contribution in [0.5, 0.6) is 0 Å². The van der Waals surface area contributed by atoms with E-state index in [9.17, 15) is 21.4 Å². The fourth-order valence-corrected chi connectivity index (χ4v) is 3.62. The quantitative estimate of drug-likeness (QED) is 0.800. The van der Waals surface area contributed by atoms with Gasteiger partial charge in [0.1, 0.15) is 10.1 Å². The highest BCUT2D eigenvalue weighted by Gasteiger charge is 2.15. The van der Waals surface area contributed by atoms with Crippen LogP contribution in [0, 0.1) is 6.92 Å². The second kappa shape index (κ2) is 5.59. The van der Waals surface area contributed by atoms with E-state index in [2.05, 4.69) is 0 Å². The molecule has 5 nitrogen and oxygen atoms in total. The third-order valence-electron chi connectivity index (χ3n) is 2.95. The highest BCUT2D eigenvalue weighted by molar-refractivity contribution is 7.90. The van der Waals surface area contributed by atoms with Crippen molar-refractivity contribution in [2.75, 3.05) is 0 Å². The fraction of sp³-hybridized carbons (Fsp3) is 0.143. The van der Waals surface area contributed by atoms with Gasteiger partial charge < -0.3 is 4.55 Å². The van der Waals surface area contributed by atoms with Gasteiger partial charge in [-0.2, -0.15) is 0 Å². The molecule has 0 aromatic heterocycles. The van der Waals surface area contributed by atoms with Gasteiger partial charge in [0.05, 0.1) is 15.5 Å². The Morgan fingerprint density at radius 3 is 1.76 bits per heavy atom. The maximum absolute atomic E-state index is 12.2. The molecule has 0 aliphatic carbocycles. The normalized spacial score (nSPS) is 12.3. The Morgan fingerprint density at radius 1 is 0.810 bits per heavy atom. The topological polar surface area (TPSA) is 91.3 Å². The minimum absolute atomic E-state index is 0.202. The molecule has 0 unspecified atom stereocenters. The largest absolute Gasteiger partial charge is 0.744 e. The zero-order chi connectivity index (χ0) is 15.7. The second-order valence-corrected chi connectivity index (χ2v) is 8.04. The summed E-state index contributed by atoms with van der Waals surface area (Å²) in [7, 11) is -8.03. The number of hydrogen-bond donors (Lipinski definition) is 0. The standard InChI is InChI=1S/C14H14O5S2/c1-11-2-6-13(7-3-11)20(15,16)10-12-4-8-14(9-5-12)21(17,18)19/h2-9H,10H2,1H3,(H,17,18,19)/p-1. The summed E-state index contributed by atoms with van der Waals surface area (Å²) >= 11 is 0. The molecular formula is C14H13O5S2-. The first-order valence-corrected chi connectivity index (χ1v) is 9.09. The summed E-state index contributed by atoms with van der Waals surface area (Å²) in [4.78, 5) is -0.174. The average molecular weight is 325 g/mol. The van der Waals surface area contributed by atoms with Crippen LogP contribution in [0.2, 0.25) is 0 Å². The van der Waals surface area contributed by atoms with Crippen LogP contribution in [0.25, 0.3) is 0 Å². The number of sulfone groups is 1. The van der Waals surface area contributed by atoms with Crippen LogP contribution in [0.1, 0.15) is 11.1 Å². The first-order chi connectivity index (χ1) is 9.68. The van der Waals surface area contributed by atoms with E-state index in [0.717, 1.165) is 17.7 Å². The summed E-state index contributed by atoms with van der Waals surface area (Å²) in [6.45, 7) is 1.86. The fourth-order valence-electron chi connectivity index (χ4n) is 1.80. The molecule has 0 spiro atoms. The predicted molar refractivity (Wildman–Crippen MR) is 76.5 cm³/mol. The van der Waals surface area contributed by atoms with E-state index >= 15 is 0 Å². The lowest BCUT2D eigenvalue weighted by Crippen LogP contribution is -2.05. The van der Waals surface area contributed by atoms with E-state index in [4.69, 9.17) is 0 Å². The van der Waals surface area contributed by atoms with Gasteiger partial charge in [-0.15, -0.1) is 0 Å². The highest BCUT2D eigenvalue weighted by atomic mass is 32.2. The zero-order valence-electron chi connectivity index (χ0n) is 11.2. The van der Waals surface area contributed by atoms with Crippen molar-refractivity contribution in [3.8, 4) is 0 Å². The van der Waals surface area contributed by atoms with Crippen molar-refractivity contribution in [1.29, 1.82) is 0 Å². The molecule has 2 rings (SSSR count). The molecule has 0 radical (unpaired) electrons. The minimum Gasteiger partial charge on any atom is -0.744 e. The Balaban J connectivity index is 2.27. The number of aryl methyl sites for hydroxylation is 1. The average Bonchev–Trinajstić information content (AvgIpc) is 2.38. The molecule has 0 saturated heterocycles. The molecule has 0 atom stereocenters. The summed E-state index contributed by atoms with van der Waals surface area (Å²) < 4.78 is 56.9. The monoisotopic (exact) mass is 325 g/mol. The summed E-state index contributed by atoms with van der Waals surface area (Å²) in [5, 5.41) is 0. The molecule has 2 aromatic rings. The van der Waals surface area contributed by atoms with E-state index < -0.39 is 20.0 Å². The van der Waals surface area contributed by atoms with E-state index in [0.29, 0.717) is 5.56 Å². The first kappa shape index (κ1) is 15.7. The van der Waals surface area contributed by atoms with Gasteiger partial charge in [-0.25, -0.2) is 16.8 Å². The van der Waals surface area contributed by atoms with Gasteiger partial charge in [-0.1, -0.05) is 29.8 Å². The van der Waals surface area contributed by atoms with Crippen LogP contribution in [0.15, 0.2) is 58.3 Å². The van der Waals surface area contributed by atoms with Gasteiger partial charge in [-0.05, 0) is 36.8 Å². The molecule has 0 N–H and O–H groups in total. The van der Waals surface area contributed by atoms with Crippen LogP contribution < -0.4 is 0 Å². The van der Waals surface area contributed by atoms with Gasteiger partial charge in [0.2, 0.25) is 0 Å². The van der Waals surface area contributed by atoms with E-state index in [1.165, 1.54) is 24.3 Å². The Kier molecular flexibility index (Phi) is 4.18. The molecule has 7 heteroatoms. The van der Waals surface area contributed by atoms with Gasteiger partial charge >= 0.3 is 0 Å². The summed E-state index contributed by atoms with van der Waals surface area (Å²) in [6, 6.07) is 11.4. The summed E-state index contributed by atoms with van der Waals surface area (Å²) in [5.41, 5.74) is 1.38. The molecular weight excluding hydrogens is 312 g/mol. The van der Waals surface area contributed by atoms with Crippen molar-refractivity contribution < 1.29 is 21.4 Å². The molecule has 21 heavy (non-hydrogen) atoms. The van der Waals surface area contributed by atoms with Crippen LogP contribution in [0.4, 0.5) is 0 Å². The van der Waals surface area contributed by atoms with Crippen LogP contribution in [-0.4, -0.2) is 21.4 Å². The van der Waals surface area contributed by atoms with Crippen molar-refractivity contribution in [2.45, 2.75) is 22.5 Å². The molecule has 2 aromatic carbocycles. The lowest BCUT2D eigenvalue weighted by Gasteiger charge is -2.08. The Morgan fingerprint density at radius 2 is 1.29 bits per heavy atom. The maximum Gasteiger partial charge on any atom is 0.182 e. The zero-order valence-corrected chi connectivity index (χ0v) is 12.8. The lowest BCUT2D eigenvalue weighted by molar-refractivity contribution is 0.463. The first-order valence-electron chi connectivity index (χ1n) is 6.03. The number of benzene rings is 2. The molecule has 0 aliphatic rings. The van der Waals surface area contributed by atoms with Gasteiger partial charge in [0, 0.05) is 0 Å². The molecule has 0 aliphatic heterocycles. The predicted octanol–water partition coefficient (Wildman–Crippen LogP) is 1.87. The van der Waals surface area contributed by atoms with Crippen molar-refractivity contribution in [3.05, 3.63) is 59.7 Å². The second-order valence-electron chi connectivity index (χ2n) is 4.67. The highest BCUT2D eigenvalue weighted by Crippen LogP contribution is 2.18. The van der Waals surface area contributed by atoms with E-state index in [1.807, 2.05) is 6.92 Å². The van der Waals surface area contributed by atoms with Crippen molar-refractivity contribution in [1.82, 2.24) is 0 Å². The lowest BCUT2D eigenvalue weighted by atomic mass is 10.2. The van der Waals surface area contributed by atoms with E-state index in [-0.39, 0.29) is 15.5 Å². The van der Waals surface area contributed by atoms with Crippen molar-refractivity contribution >= 4 is 20.0 Å². The smallest absolute Gasteiger partial charge is 0.182 e. The van der Waals surface area contributed by atoms with Gasteiger partial charge in [0.15, 0.2) is 9.84 Å². The molecule has 0 saturated carbocycles. The summed E-state index contributed by atoms with van der Waals surface area (Å²) in [6.07, 6.45) is 0. The summed E-state index contributed by atoms with van der Waals surface area (Å²) in [5.74, 6) is -0.255. The van der Waals surface area contributed by atoms with Crippen LogP contribution in [-0.2, 0) is 25.7 Å². The van der Waals surface area contributed by atoms with E-state index in [1.54, 1.807) is 12.1 Å². The number of rotatable bonds is 4. The van der Waals surface area contributed by atoms with Gasteiger partial charge in [-0.3, -0.25) is 0 Å². The van der Waals surface area contributed by atoms with Crippen LogP contribution >= 0.6 is 0 Å². The Bertz CT molecular complexity index is 833. The number of hydrogen-bond acceptors (Lipinski definition) is 5. The third-order valence-corrected chi connectivity index (χ3v) is 5.50. The molecule has 112 valence electrons. The van der Waals surface area contributed by atoms with Crippen LogP contribution in [0.3, 0.4) is 0 Å². The Labute approximate surface area is 123 Å².